The molecule has 43 heavy (non-hydrogen) atoms. The second kappa shape index (κ2) is 12.9. The Balaban J connectivity index is 1.25. The van der Waals surface area contributed by atoms with Gasteiger partial charge in [-0.25, -0.2) is 0 Å². The molecule has 1 unspecified atom stereocenters. The summed E-state index contributed by atoms with van der Waals surface area (Å²) >= 11 is 0. The Morgan fingerprint density at radius 3 is 2.19 bits per heavy atom. The first-order valence-corrected chi connectivity index (χ1v) is 13.8. The molecule has 0 aromatic heterocycles. The number of aliphatic hydroxyl groups is 6. The number of carbonyl (C=O) groups is 1. The first kappa shape index (κ1) is 31.4. The molecule has 2 aromatic rings. The zero-order valence-electron chi connectivity index (χ0n) is 23.7. The average molecular weight is 609 g/mol. The number of Topliss-reactive ketones (excluding diaryl/α,β-unsaturated/α-hetero) is 1. The van der Waals surface area contributed by atoms with E-state index in [9.17, 15) is 35.4 Å². The van der Waals surface area contributed by atoms with E-state index in [1.54, 1.807) is 36.4 Å². The Hall–Kier alpha value is -3.05. The van der Waals surface area contributed by atoms with Crippen LogP contribution in [-0.2, 0) is 14.2 Å². The molecule has 0 bridgehead atoms. The van der Waals surface area contributed by atoms with E-state index in [1.165, 1.54) is 21.1 Å². The molecule has 0 saturated carbocycles. The van der Waals surface area contributed by atoms with Crippen molar-refractivity contribution < 1.29 is 68.6 Å². The molecule has 3 heterocycles. The largest absolute Gasteiger partial charge is 0.496 e. The van der Waals surface area contributed by atoms with Crippen molar-refractivity contribution in [1.82, 2.24) is 0 Å². The third kappa shape index (κ3) is 6.16. The Morgan fingerprint density at radius 1 is 0.837 bits per heavy atom. The van der Waals surface area contributed by atoms with Crippen molar-refractivity contribution in [2.45, 2.75) is 80.9 Å². The first-order chi connectivity index (χ1) is 20.6. The minimum atomic E-state index is -1.66. The van der Waals surface area contributed by atoms with Gasteiger partial charge in [-0.15, -0.1) is 0 Å². The van der Waals surface area contributed by atoms with Crippen LogP contribution in [0.4, 0.5) is 0 Å². The Bertz CT molecular complexity index is 1270. The van der Waals surface area contributed by atoms with Crippen LogP contribution in [0.3, 0.4) is 0 Å². The second-order valence-electron chi connectivity index (χ2n) is 10.6. The molecule has 2 fully saturated rings. The second-order valence-corrected chi connectivity index (χ2v) is 10.6. The summed E-state index contributed by atoms with van der Waals surface area (Å²) < 4.78 is 39.2. The van der Waals surface area contributed by atoms with Gasteiger partial charge in [-0.2, -0.15) is 0 Å². The zero-order valence-corrected chi connectivity index (χ0v) is 23.7. The Morgan fingerprint density at radius 2 is 1.53 bits per heavy atom. The fraction of sp³-hybridized carbons (Fsp3) is 0.552. The Labute approximate surface area is 246 Å². The molecule has 2 saturated heterocycles. The highest BCUT2D eigenvalue weighted by atomic mass is 16.7. The summed E-state index contributed by atoms with van der Waals surface area (Å²) in [6.07, 6.45) is -14.8. The molecule has 3 aliphatic rings. The lowest BCUT2D eigenvalue weighted by molar-refractivity contribution is -0.349. The lowest BCUT2D eigenvalue weighted by atomic mass is 9.95. The summed E-state index contributed by atoms with van der Waals surface area (Å²) in [6.45, 7) is 0.809. The van der Waals surface area contributed by atoms with E-state index in [-0.39, 0.29) is 18.0 Å². The van der Waals surface area contributed by atoms with Crippen LogP contribution in [0.1, 0.15) is 35.4 Å². The number of fused-ring (bicyclic) bond motifs is 1. The van der Waals surface area contributed by atoms with E-state index in [1.807, 2.05) is 0 Å². The molecule has 236 valence electrons. The van der Waals surface area contributed by atoms with Crippen molar-refractivity contribution in [2.75, 3.05) is 20.8 Å². The maximum absolute atomic E-state index is 13.0. The smallest absolute Gasteiger partial charge is 0.229 e. The highest BCUT2D eigenvalue weighted by Crippen LogP contribution is 2.42. The van der Waals surface area contributed by atoms with Crippen molar-refractivity contribution in [3.63, 3.8) is 0 Å². The molecule has 0 spiro atoms. The van der Waals surface area contributed by atoms with Gasteiger partial charge in [0.1, 0.15) is 77.4 Å². The number of hydrogen-bond donors (Lipinski definition) is 6. The molecule has 14 heteroatoms. The predicted molar refractivity (Wildman–Crippen MR) is 144 cm³/mol. The van der Waals surface area contributed by atoms with Crippen LogP contribution in [0.2, 0.25) is 0 Å². The number of carbonyl (C=O) groups excluding carboxylic acids is 1. The predicted octanol–water partition coefficient (Wildman–Crippen LogP) is -0.559. The van der Waals surface area contributed by atoms with E-state index in [2.05, 4.69) is 0 Å². The van der Waals surface area contributed by atoms with Gasteiger partial charge in [0.05, 0.1) is 33.4 Å². The molecule has 3 aliphatic heterocycles. The number of hydrogen-bond acceptors (Lipinski definition) is 14. The zero-order chi connectivity index (χ0) is 31.0. The van der Waals surface area contributed by atoms with Crippen molar-refractivity contribution in [1.29, 1.82) is 0 Å². The average Bonchev–Trinajstić information content (AvgIpc) is 3.01. The summed E-state index contributed by atoms with van der Waals surface area (Å²) in [6, 6.07) is 9.74. The minimum absolute atomic E-state index is 0.0697. The van der Waals surface area contributed by atoms with Crippen LogP contribution < -0.4 is 18.9 Å². The van der Waals surface area contributed by atoms with Crippen LogP contribution in [0.5, 0.6) is 23.0 Å². The SMILES string of the molecule is COc1cc(OC)c2c(c1)OC(c1ccc(O[C@@H]3O[C@H](CO)[C@@H](O[C@@H]4O[C@@H](C)[C@H](O)[C@@H](O)[C@H]4O)[C@H](O)[C@H]3O)cc1)CC2=O. The molecule has 14 nitrogen and oxygen atoms in total. The highest BCUT2D eigenvalue weighted by Gasteiger charge is 2.50. The standard InChI is InChI=1S/C29H36O14/c1-12-22(32)23(33)25(35)28(39-12)43-27-20(11-30)42-29(26(36)24(27)34)40-14-6-4-13(5-7-14)17-10-16(31)21-18(38-3)8-15(37-2)9-19(21)41-17/h4-9,12,17,20,22-30,32-36H,10-11H2,1-3H3/t12-,17?,20+,22-,23+,24+,25+,26+,27+,28-,29+/m0/s1. The molecule has 5 rings (SSSR count). The van der Waals surface area contributed by atoms with Gasteiger partial charge in [0.15, 0.2) is 12.1 Å². The summed E-state index contributed by atoms with van der Waals surface area (Å²) in [7, 11) is 2.96. The fourth-order valence-electron chi connectivity index (χ4n) is 5.36. The summed E-state index contributed by atoms with van der Waals surface area (Å²) in [5.74, 6) is 1.26. The highest BCUT2D eigenvalue weighted by molar-refractivity contribution is 6.02. The van der Waals surface area contributed by atoms with Crippen LogP contribution in [0, 0.1) is 0 Å². The number of benzene rings is 2. The van der Waals surface area contributed by atoms with Gasteiger partial charge in [0.2, 0.25) is 6.29 Å². The number of rotatable bonds is 8. The van der Waals surface area contributed by atoms with Crippen LogP contribution in [-0.4, -0.2) is 119 Å². The third-order valence-corrected chi connectivity index (χ3v) is 7.84. The number of methoxy groups -OCH3 is 2. The van der Waals surface area contributed by atoms with Crippen LogP contribution >= 0.6 is 0 Å². The Kier molecular flexibility index (Phi) is 9.41. The van der Waals surface area contributed by atoms with Gasteiger partial charge in [-0.1, -0.05) is 12.1 Å². The maximum Gasteiger partial charge on any atom is 0.229 e. The molecule has 2 aromatic carbocycles. The maximum atomic E-state index is 13.0. The van der Waals surface area contributed by atoms with Gasteiger partial charge < -0.3 is 63.8 Å². The molecule has 0 aliphatic carbocycles. The first-order valence-electron chi connectivity index (χ1n) is 13.8. The molecule has 6 N–H and O–H groups in total. The van der Waals surface area contributed by atoms with E-state index in [0.29, 0.717) is 28.4 Å². The minimum Gasteiger partial charge on any atom is -0.496 e. The third-order valence-electron chi connectivity index (χ3n) is 7.84. The van der Waals surface area contributed by atoms with Gasteiger partial charge in [0, 0.05) is 12.1 Å². The number of ether oxygens (including phenoxy) is 7. The monoisotopic (exact) mass is 608 g/mol. The topological polar surface area (TPSA) is 203 Å². The van der Waals surface area contributed by atoms with E-state index >= 15 is 0 Å². The quantitative estimate of drug-likeness (QED) is 0.223. The van der Waals surface area contributed by atoms with Gasteiger partial charge in [-0.05, 0) is 24.6 Å². The summed E-state index contributed by atoms with van der Waals surface area (Å²) in [5.41, 5.74) is 1.02. The van der Waals surface area contributed by atoms with E-state index < -0.39 is 74.1 Å². The molecule has 0 amide bonds. The molecule has 11 atom stereocenters. The molecule has 0 radical (unpaired) electrons. The lowest BCUT2D eigenvalue weighted by Crippen LogP contribution is -2.64. The van der Waals surface area contributed by atoms with Gasteiger partial charge >= 0.3 is 0 Å². The van der Waals surface area contributed by atoms with Gasteiger partial charge in [0.25, 0.3) is 0 Å². The van der Waals surface area contributed by atoms with Crippen LogP contribution in [0.15, 0.2) is 36.4 Å². The van der Waals surface area contributed by atoms with Gasteiger partial charge in [-0.3, -0.25) is 4.79 Å². The van der Waals surface area contributed by atoms with Crippen molar-refractivity contribution >= 4 is 5.78 Å². The normalized spacial score (nSPS) is 35.9. The van der Waals surface area contributed by atoms with E-state index in [0.717, 1.165) is 0 Å². The fourth-order valence-corrected chi connectivity index (χ4v) is 5.36. The van der Waals surface area contributed by atoms with Crippen molar-refractivity contribution in [3.05, 3.63) is 47.5 Å². The summed E-state index contributed by atoms with van der Waals surface area (Å²) in [5, 5.41) is 61.7. The number of ketones is 1. The lowest BCUT2D eigenvalue weighted by Gasteiger charge is -2.45. The van der Waals surface area contributed by atoms with Crippen molar-refractivity contribution in [2.24, 2.45) is 0 Å². The molecular formula is C29H36O14. The van der Waals surface area contributed by atoms with Crippen molar-refractivity contribution in [3.8, 4) is 23.0 Å². The summed E-state index contributed by atoms with van der Waals surface area (Å²) in [4.78, 5) is 13.0. The molecular weight excluding hydrogens is 572 g/mol. The van der Waals surface area contributed by atoms with Crippen LogP contribution in [0.25, 0.3) is 0 Å². The number of aliphatic hydroxyl groups excluding tert-OH is 6. The van der Waals surface area contributed by atoms with E-state index in [4.69, 9.17) is 33.2 Å².